The summed E-state index contributed by atoms with van der Waals surface area (Å²) >= 11 is 0. The standard InChI is InChI=1S/C21H34N4O4S/c1-19-4-2-5-20(18-19)21(26)24(9-3-8-23-12-15-29-16-13-23)14-17-30(27,28)25-10-6-22-7-11-25/h2,4-5,18,22H,3,6-17H2,1H3. The average Bonchev–Trinajstić information content (AvgIpc) is 2.77. The van der Waals surface area contributed by atoms with Crippen LogP contribution in [0.4, 0.5) is 0 Å². The highest BCUT2D eigenvalue weighted by molar-refractivity contribution is 7.89. The lowest BCUT2D eigenvalue weighted by atomic mass is 10.1. The summed E-state index contributed by atoms with van der Waals surface area (Å²) in [5, 5.41) is 3.17. The van der Waals surface area contributed by atoms with Crippen LogP contribution in [0.2, 0.25) is 0 Å². The zero-order valence-electron chi connectivity index (χ0n) is 17.9. The van der Waals surface area contributed by atoms with Crippen LogP contribution in [0.3, 0.4) is 0 Å². The number of piperazine rings is 1. The summed E-state index contributed by atoms with van der Waals surface area (Å²) < 4.78 is 32.4. The molecule has 1 N–H and O–H groups in total. The second-order valence-electron chi connectivity index (χ2n) is 7.93. The largest absolute Gasteiger partial charge is 0.379 e. The molecular formula is C21H34N4O4S. The molecule has 9 heteroatoms. The van der Waals surface area contributed by atoms with Gasteiger partial charge < -0.3 is 15.0 Å². The van der Waals surface area contributed by atoms with Crippen LogP contribution < -0.4 is 5.32 Å². The normalized spacial score (nSPS) is 19.0. The zero-order valence-corrected chi connectivity index (χ0v) is 18.7. The van der Waals surface area contributed by atoms with Gasteiger partial charge in [-0.15, -0.1) is 0 Å². The van der Waals surface area contributed by atoms with Crippen LogP contribution in [0.1, 0.15) is 22.3 Å². The van der Waals surface area contributed by atoms with Crippen LogP contribution in [0, 0.1) is 6.92 Å². The molecule has 168 valence electrons. The van der Waals surface area contributed by atoms with E-state index in [-0.39, 0.29) is 18.2 Å². The molecule has 3 rings (SSSR count). The van der Waals surface area contributed by atoms with Crippen LogP contribution >= 0.6 is 0 Å². The number of sulfonamides is 1. The Morgan fingerprint density at radius 3 is 2.57 bits per heavy atom. The summed E-state index contributed by atoms with van der Waals surface area (Å²) in [6.45, 7) is 9.21. The summed E-state index contributed by atoms with van der Waals surface area (Å²) in [5.74, 6) is -0.140. The molecule has 2 aliphatic rings. The van der Waals surface area contributed by atoms with Crippen molar-refractivity contribution in [2.75, 3.05) is 77.9 Å². The third kappa shape index (κ3) is 6.75. The minimum atomic E-state index is -3.38. The van der Waals surface area contributed by atoms with E-state index in [9.17, 15) is 13.2 Å². The number of carbonyl (C=O) groups excluding carboxylic acids is 1. The van der Waals surface area contributed by atoms with E-state index in [0.717, 1.165) is 44.8 Å². The molecule has 1 amide bonds. The van der Waals surface area contributed by atoms with Gasteiger partial charge in [-0.05, 0) is 25.5 Å². The monoisotopic (exact) mass is 438 g/mol. The van der Waals surface area contributed by atoms with Gasteiger partial charge in [-0.25, -0.2) is 8.42 Å². The fraction of sp³-hybridized carbons (Fsp3) is 0.667. The molecule has 0 bridgehead atoms. The van der Waals surface area contributed by atoms with Gasteiger partial charge in [-0.2, -0.15) is 4.31 Å². The molecule has 30 heavy (non-hydrogen) atoms. The molecule has 1 aromatic carbocycles. The van der Waals surface area contributed by atoms with E-state index in [1.54, 1.807) is 11.0 Å². The molecule has 0 unspecified atom stereocenters. The van der Waals surface area contributed by atoms with Crippen LogP contribution in [0.25, 0.3) is 0 Å². The van der Waals surface area contributed by atoms with Gasteiger partial charge in [0.1, 0.15) is 0 Å². The van der Waals surface area contributed by atoms with Crippen molar-refractivity contribution >= 4 is 15.9 Å². The molecule has 0 spiro atoms. The topological polar surface area (TPSA) is 82.2 Å². The average molecular weight is 439 g/mol. The first-order chi connectivity index (χ1) is 14.5. The number of ether oxygens (including phenoxy) is 1. The number of morpholine rings is 1. The first-order valence-electron chi connectivity index (χ1n) is 10.8. The number of benzene rings is 1. The van der Waals surface area contributed by atoms with Crippen molar-refractivity contribution in [2.45, 2.75) is 13.3 Å². The van der Waals surface area contributed by atoms with Gasteiger partial charge in [-0.3, -0.25) is 9.69 Å². The lowest BCUT2D eigenvalue weighted by molar-refractivity contribution is 0.0358. The quantitative estimate of drug-likeness (QED) is 0.601. The highest BCUT2D eigenvalue weighted by Gasteiger charge is 2.26. The Morgan fingerprint density at radius 2 is 1.87 bits per heavy atom. The summed E-state index contributed by atoms with van der Waals surface area (Å²) in [5.41, 5.74) is 1.63. The van der Waals surface area contributed by atoms with Gasteiger partial charge in [0, 0.05) is 64.5 Å². The Kier molecular flexibility index (Phi) is 8.64. The van der Waals surface area contributed by atoms with E-state index in [1.165, 1.54) is 4.31 Å². The van der Waals surface area contributed by atoms with E-state index < -0.39 is 10.0 Å². The SMILES string of the molecule is Cc1cccc(C(=O)N(CCCN2CCOCC2)CCS(=O)(=O)N2CCNCC2)c1. The van der Waals surface area contributed by atoms with Gasteiger partial charge in [0.2, 0.25) is 10.0 Å². The number of rotatable bonds is 9. The lowest BCUT2D eigenvalue weighted by Crippen LogP contribution is -2.48. The van der Waals surface area contributed by atoms with Crippen molar-refractivity contribution in [3.8, 4) is 0 Å². The Labute approximate surface area is 180 Å². The van der Waals surface area contributed by atoms with Gasteiger partial charge >= 0.3 is 0 Å². The maximum absolute atomic E-state index is 13.1. The minimum Gasteiger partial charge on any atom is -0.379 e. The number of carbonyl (C=O) groups is 1. The summed E-state index contributed by atoms with van der Waals surface area (Å²) in [7, 11) is -3.38. The summed E-state index contributed by atoms with van der Waals surface area (Å²) in [6.07, 6.45) is 0.811. The molecule has 2 heterocycles. The van der Waals surface area contributed by atoms with Crippen molar-refractivity contribution < 1.29 is 17.9 Å². The second-order valence-corrected chi connectivity index (χ2v) is 10.0. The number of amides is 1. The van der Waals surface area contributed by atoms with E-state index in [4.69, 9.17) is 4.74 Å². The van der Waals surface area contributed by atoms with Crippen molar-refractivity contribution in [1.29, 1.82) is 0 Å². The molecule has 8 nitrogen and oxygen atoms in total. The second kappa shape index (κ2) is 11.2. The Hall–Kier alpha value is -1.52. The number of aryl methyl sites for hydroxylation is 1. The smallest absolute Gasteiger partial charge is 0.253 e. The third-order valence-corrected chi connectivity index (χ3v) is 7.50. The summed E-state index contributed by atoms with van der Waals surface area (Å²) in [4.78, 5) is 17.2. The van der Waals surface area contributed by atoms with Crippen molar-refractivity contribution in [1.82, 2.24) is 19.4 Å². The van der Waals surface area contributed by atoms with Gasteiger partial charge in [0.25, 0.3) is 5.91 Å². The molecule has 0 aromatic heterocycles. The number of hydrogen-bond acceptors (Lipinski definition) is 6. The van der Waals surface area contributed by atoms with Crippen LogP contribution in [-0.4, -0.2) is 106 Å². The van der Waals surface area contributed by atoms with Crippen molar-refractivity contribution in [2.24, 2.45) is 0 Å². The first-order valence-corrected chi connectivity index (χ1v) is 12.4. The Balaban J connectivity index is 1.62. The predicted octanol–water partition coefficient (Wildman–Crippen LogP) is 0.395. The highest BCUT2D eigenvalue weighted by Crippen LogP contribution is 2.11. The predicted molar refractivity (Wildman–Crippen MR) is 117 cm³/mol. The van der Waals surface area contributed by atoms with E-state index in [0.29, 0.717) is 38.3 Å². The maximum atomic E-state index is 13.1. The van der Waals surface area contributed by atoms with Gasteiger partial charge in [0.15, 0.2) is 0 Å². The first kappa shape index (κ1) is 23.1. The number of hydrogen-bond donors (Lipinski definition) is 1. The fourth-order valence-corrected chi connectivity index (χ4v) is 5.31. The van der Waals surface area contributed by atoms with E-state index >= 15 is 0 Å². The molecule has 2 fully saturated rings. The van der Waals surface area contributed by atoms with Crippen molar-refractivity contribution in [3.05, 3.63) is 35.4 Å². The number of nitrogens with one attached hydrogen (secondary N) is 1. The van der Waals surface area contributed by atoms with Crippen molar-refractivity contribution in [3.63, 3.8) is 0 Å². The van der Waals surface area contributed by atoms with Crippen LogP contribution in [0.5, 0.6) is 0 Å². The molecular weight excluding hydrogens is 404 g/mol. The van der Waals surface area contributed by atoms with E-state index in [1.807, 2.05) is 25.1 Å². The lowest BCUT2D eigenvalue weighted by Gasteiger charge is -2.30. The molecule has 0 saturated carbocycles. The van der Waals surface area contributed by atoms with Gasteiger partial charge in [0.05, 0.1) is 19.0 Å². The maximum Gasteiger partial charge on any atom is 0.253 e. The Morgan fingerprint density at radius 1 is 1.13 bits per heavy atom. The summed E-state index contributed by atoms with van der Waals surface area (Å²) in [6, 6.07) is 7.48. The van der Waals surface area contributed by atoms with E-state index in [2.05, 4.69) is 10.2 Å². The molecule has 0 radical (unpaired) electrons. The third-order valence-electron chi connectivity index (χ3n) is 5.65. The minimum absolute atomic E-state index is 0.0396. The molecule has 1 aromatic rings. The van der Waals surface area contributed by atoms with Crippen LogP contribution in [-0.2, 0) is 14.8 Å². The zero-order chi connectivity index (χ0) is 21.4. The highest BCUT2D eigenvalue weighted by atomic mass is 32.2. The fourth-order valence-electron chi connectivity index (χ4n) is 3.86. The molecule has 0 aliphatic carbocycles. The van der Waals surface area contributed by atoms with Crippen LogP contribution in [0.15, 0.2) is 24.3 Å². The Bertz CT molecular complexity index is 790. The van der Waals surface area contributed by atoms with Gasteiger partial charge in [-0.1, -0.05) is 17.7 Å². The molecule has 2 aliphatic heterocycles. The molecule has 0 atom stereocenters. The molecule has 2 saturated heterocycles. The number of nitrogens with zero attached hydrogens (tertiary/aromatic N) is 3.